The van der Waals surface area contributed by atoms with Gasteiger partial charge in [-0.1, -0.05) is 13.8 Å². The quantitative estimate of drug-likeness (QED) is 0.0352. The van der Waals surface area contributed by atoms with Gasteiger partial charge in [0, 0.05) is 78.6 Å². The lowest BCUT2D eigenvalue weighted by molar-refractivity contribution is 0.0684. The van der Waals surface area contributed by atoms with Gasteiger partial charge in [-0.3, -0.25) is 0 Å². The number of carbonyl (C=O) groups excluding carboxylic acids is 1. The second-order valence-electron chi connectivity index (χ2n) is 11.7. The Morgan fingerprint density at radius 1 is 0.721 bits per heavy atom. The Bertz CT molecular complexity index is 1490. The monoisotopic (exact) mass is 1120 g/mol. The van der Waals surface area contributed by atoms with Crippen LogP contribution in [0.5, 0.6) is 11.5 Å². The molecule has 0 atom stereocenters. The van der Waals surface area contributed by atoms with Crippen molar-refractivity contribution in [1.29, 1.82) is 5.26 Å². The van der Waals surface area contributed by atoms with Crippen LogP contribution in [0.2, 0.25) is 12.1 Å². The summed E-state index contributed by atoms with van der Waals surface area (Å²) in [7, 11) is -5.26. The van der Waals surface area contributed by atoms with E-state index in [2.05, 4.69) is 10.1 Å². The third kappa shape index (κ3) is 27.9. The highest BCUT2D eigenvalue weighted by atomic mass is 127. The number of carbonyl (C=O) groups is 3. The molecule has 61 heavy (non-hydrogen) atoms. The normalized spacial score (nSPS) is 11.7. The molecule has 1 amide bonds. The molecule has 4 N–H and O–H groups in total. The van der Waals surface area contributed by atoms with Crippen LogP contribution in [0.4, 0.5) is 4.79 Å². The first kappa shape index (κ1) is 60.4. The van der Waals surface area contributed by atoms with Gasteiger partial charge >= 0.3 is 35.6 Å². The van der Waals surface area contributed by atoms with Crippen molar-refractivity contribution in [2.75, 3.05) is 66.0 Å². The summed E-state index contributed by atoms with van der Waals surface area (Å²) in [6.45, 7) is 21.4. The van der Waals surface area contributed by atoms with E-state index in [0.29, 0.717) is 84.9 Å². The van der Waals surface area contributed by atoms with Crippen LogP contribution in [0.25, 0.3) is 0 Å². The molecule has 2 aromatic rings. The minimum Gasteiger partial charge on any atom is -0.508 e. The van der Waals surface area contributed by atoms with Gasteiger partial charge in [0.1, 0.15) is 18.1 Å². The van der Waals surface area contributed by atoms with E-state index in [1.165, 1.54) is 31.0 Å². The second-order valence-corrected chi connectivity index (χ2v) is 19.5. The maximum absolute atomic E-state index is 11.9. The zero-order valence-electron chi connectivity index (χ0n) is 36.7. The number of halogens is 2. The number of carboxylic acid groups (broad SMARTS) is 2. The molecule has 1 aliphatic rings. The number of nitriles is 1. The molecule has 0 unspecified atom stereocenters. The minimum atomic E-state index is -2.73. The summed E-state index contributed by atoms with van der Waals surface area (Å²) in [6.07, 6.45) is 4.86. The van der Waals surface area contributed by atoms with E-state index in [4.69, 9.17) is 56.6 Å². The van der Waals surface area contributed by atoms with Crippen LogP contribution in [0.15, 0.2) is 36.4 Å². The van der Waals surface area contributed by atoms with Crippen LogP contribution in [-0.4, -0.2) is 117 Å². The highest BCUT2D eigenvalue weighted by Crippen LogP contribution is 2.22. The van der Waals surface area contributed by atoms with Gasteiger partial charge in [-0.15, -0.1) is 0 Å². The standard InChI is InChI=1S/C17H26INO7Si.C10H21NO4Si.C7H5IO3.C4H8O.C2H6/c1-4-23-27(24-5-2,25-6-3)11-7-10-19-17(22)26-13-8-9-15(18)14(12-13)16(20)21;1-4-13-16(14-5-2,15-6-3)9-7-8-12-10-11;8-6-2-1-4(9)3-5(6)7(10)11;1-2-4-5-3-1;1-2/h8-9,12H,4-7,10-11H2,1-3H3,(H,19,22)(H,20,21);4-9H2,1-3H3;1-3,9H,(H,10,11);1-4H2;1-2H3. The van der Waals surface area contributed by atoms with Crippen molar-refractivity contribution in [1.82, 2.24) is 5.32 Å². The highest BCUT2D eigenvalue weighted by Gasteiger charge is 2.40. The van der Waals surface area contributed by atoms with Gasteiger partial charge in [0.15, 0.2) is 0 Å². The first-order valence-electron chi connectivity index (χ1n) is 20.3. The Balaban J connectivity index is 0. The summed E-state index contributed by atoms with van der Waals surface area (Å²) >= 11 is 3.81. The van der Waals surface area contributed by atoms with Gasteiger partial charge in [0.2, 0.25) is 0 Å². The van der Waals surface area contributed by atoms with Gasteiger partial charge in [0.05, 0.1) is 11.1 Å². The summed E-state index contributed by atoms with van der Waals surface area (Å²) in [4.78, 5) is 33.5. The average molecular weight is 1120 g/mol. The van der Waals surface area contributed by atoms with Gasteiger partial charge in [-0.2, -0.15) is 5.26 Å². The van der Waals surface area contributed by atoms with Crippen molar-refractivity contribution in [3.05, 3.63) is 54.7 Å². The van der Waals surface area contributed by atoms with Gasteiger partial charge < -0.3 is 61.4 Å². The zero-order valence-corrected chi connectivity index (χ0v) is 43.0. The van der Waals surface area contributed by atoms with E-state index in [1.807, 2.05) is 101 Å². The summed E-state index contributed by atoms with van der Waals surface area (Å²) in [6, 6.07) is 9.95. The van der Waals surface area contributed by atoms with Crippen LogP contribution in [0.1, 0.15) is 102 Å². The van der Waals surface area contributed by atoms with E-state index < -0.39 is 35.6 Å². The summed E-state index contributed by atoms with van der Waals surface area (Å²) in [5.41, 5.74) is 0.215. The molecule has 348 valence electrons. The first-order valence-corrected chi connectivity index (χ1v) is 26.4. The van der Waals surface area contributed by atoms with E-state index in [1.54, 1.807) is 24.5 Å². The molecule has 0 spiro atoms. The van der Waals surface area contributed by atoms with E-state index in [9.17, 15) is 14.4 Å². The lowest BCUT2D eigenvalue weighted by Crippen LogP contribution is -2.46. The number of aromatic carboxylic acids is 2. The third-order valence-corrected chi connectivity index (χ3v) is 15.5. The number of amides is 1. The lowest BCUT2D eigenvalue weighted by atomic mass is 10.2. The second kappa shape index (κ2) is 37.9. The van der Waals surface area contributed by atoms with Gasteiger partial charge in [-0.05, 0) is 149 Å². The molecule has 1 saturated heterocycles. The largest absolute Gasteiger partial charge is 0.508 e. The molecule has 0 bridgehead atoms. The van der Waals surface area contributed by atoms with Crippen molar-refractivity contribution in [2.45, 2.75) is 93.2 Å². The molecule has 1 fully saturated rings. The predicted octanol–water partition coefficient (Wildman–Crippen LogP) is 8.96. The third-order valence-electron chi connectivity index (χ3n) is 7.29. The molecule has 0 aliphatic carbocycles. The smallest absolute Gasteiger partial charge is 0.501 e. The summed E-state index contributed by atoms with van der Waals surface area (Å²) in [5.74, 6) is -1.95. The molecule has 3 rings (SSSR count). The number of ether oxygens (including phenoxy) is 3. The number of phenols is 1. The zero-order chi connectivity index (χ0) is 46.5. The van der Waals surface area contributed by atoms with Crippen LogP contribution in [0, 0.1) is 18.7 Å². The van der Waals surface area contributed by atoms with Crippen molar-refractivity contribution < 1.29 is 70.5 Å². The number of rotatable bonds is 23. The van der Waals surface area contributed by atoms with Crippen LogP contribution >= 0.6 is 45.2 Å². The molecule has 17 nitrogen and oxygen atoms in total. The van der Waals surface area contributed by atoms with Crippen molar-refractivity contribution in [2.24, 2.45) is 0 Å². The topological polar surface area (TPSA) is 231 Å². The number of nitrogens with zero attached hydrogens (tertiary/aromatic N) is 1. The highest BCUT2D eigenvalue weighted by molar-refractivity contribution is 14.1. The fraction of sp³-hybridized carbons (Fsp3) is 0.600. The number of hydrogen-bond donors (Lipinski definition) is 4. The molecule has 0 aromatic heterocycles. The minimum absolute atomic E-state index is 0.0252. The number of hydrogen-bond acceptors (Lipinski definition) is 14. The molecule has 2 aromatic carbocycles. The predicted molar refractivity (Wildman–Crippen MR) is 251 cm³/mol. The molecular formula is C40H66I2N2O15Si2. The average Bonchev–Trinajstić information content (AvgIpc) is 3.83. The maximum atomic E-state index is 11.9. The molecular weight excluding hydrogens is 1060 g/mol. The van der Waals surface area contributed by atoms with Crippen LogP contribution < -0.4 is 10.1 Å². The van der Waals surface area contributed by atoms with Crippen LogP contribution in [0.3, 0.4) is 0 Å². The summed E-state index contributed by atoms with van der Waals surface area (Å²) < 4.78 is 50.1. The molecule has 0 saturated carbocycles. The van der Waals surface area contributed by atoms with Crippen molar-refractivity contribution in [3.63, 3.8) is 0 Å². The first-order chi connectivity index (χ1) is 29.2. The summed E-state index contributed by atoms with van der Waals surface area (Å²) in [5, 5.41) is 37.5. The maximum Gasteiger partial charge on any atom is 0.501 e. The van der Waals surface area contributed by atoms with Crippen LogP contribution in [-0.2, 0) is 36.0 Å². The van der Waals surface area contributed by atoms with Gasteiger partial charge in [0.25, 0.3) is 6.26 Å². The number of carboxylic acids is 2. The molecule has 0 radical (unpaired) electrons. The Labute approximate surface area is 391 Å². The number of phenolic OH excluding ortho intramolecular Hbond substituents is 1. The fourth-order valence-corrected chi connectivity index (χ4v) is 11.3. The SMILES string of the molecule is C1CCOC1.CC.CCO[Si](CCCNC(=O)Oc1ccc(I)c(C(=O)O)c1)(OCC)OCC.CCO[Si](CCCOC#N)(OCC)OCC.O=C(O)c1cc(O)ccc1I. The number of aromatic hydroxyl groups is 1. The Hall–Kier alpha value is -2.65. The van der Waals surface area contributed by atoms with Gasteiger partial charge in [-0.25, -0.2) is 14.4 Å². The Morgan fingerprint density at radius 3 is 1.52 bits per heavy atom. The Morgan fingerprint density at radius 2 is 1.15 bits per heavy atom. The fourth-order valence-electron chi connectivity index (χ4n) is 4.97. The lowest BCUT2D eigenvalue weighted by Gasteiger charge is -2.28. The van der Waals surface area contributed by atoms with Crippen molar-refractivity contribution >= 4 is 80.8 Å². The number of benzene rings is 2. The van der Waals surface area contributed by atoms with Crippen molar-refractivity contribution in [3.8, 4) is 17.8 Å². The molecule has 1 heterocycles. The van der Waals surface area contributed by atoms with E-state index >= 15 is 0 Å². The van der Waals surface area contributed by atoms with E-state index in [-0.39, 0.29) is 22.6 Å². The molecule has 21 heteroatoms. The Kier molecular flexibility index (Phi) is 37.5. The molecule has 1 aliphatic heterocycles. The van der Waals surface area contributed by atoms with E-state index in [0.717, 1.165) is 13.2 Å². The number of nitrogens with one attached hydrogen (secondary N) is 1.